The summed E-state index contributed by atoms with van der Waals surface area (Å²) < 4.78 is 0. The lowest BCUT2D eigenvalue weighted by molar-refractivity contribution is -0.116. The van der Waals surface area contributed by atoms with Crippen LogP contribution in [-0.4, -0.2) is 32.2 Å². The number of anilines is 2. The first-order valence-corrected chi connectivity index (χ1v) is 18.3. The van der Waals surface area contributed by atoms with Gasteiger partial charge in [0.2, 0.25) is 22.1 Å². The van der Waals surface area contributed by atoms with Crippen LogP contribution < -0.4 is 10.6 Å². The maximum atomic E-state index is 12.9. The molecule has 246 valence electrons. The molecule has 0 saturated heterocycles. The standard InChI is InChI=1S/C36H43N7O2S2/c1-4-23(2)9-5-10-24(3)28-14-7-12-26(18-28)20-32(45)39-36-43-41-34(47-36)30-16-8-15-29(21-30)33-40-42-35(46-33)38-31(44)19-25-11-6-13-27(17-25)22-37/h6-7,11-14,17-18,23-24,29-30H,4-5,8-10,15-16,19-21H2,1-3H3,(H,38,42,44)(H,39,43,45). The van der Waals surface area contributed by atoms with Crippen molar-refractivity contribution in [3.63, 3.8) is 0 Å². The normalized spacial score (nSPS) is 17.4. The van der Waals surface area contributed by atoms with Crippen molar-refractivity contribution in [3.05, 3.63) is 80.8 Å². The van der Waals surface area contributed by atoms with Gasteiger partial charge >= 0.3 is 0 Å². The zero-order valence-corrected chi connectivity index (χ0v) is 29.0. The van der Waals surface area contributed by atoms with Crippen molar-refractivity contribution in [1.29, 1.82) is 5.26 Å². The third kappa shape index (κ3) is 9.99. The van der Waals surface area contributed by atoms with E-state index in [0.717, 1.165) is 59.2 Å². The van der Waals surface area contributed by atoms with E-state index in [1.54, 1.807) is 18.2 Å². The Bertz CT molecular complexity index is 1690. The molecule has 1 aliphatic carbocycles. The Morgan fingerprint density at radius 2 is 1.47 bits per heavy atom. The maximum Gasteiger partial charge on any atom is 0.230 e. The first-order chi connectivity index (χ1) is 22.8. The molecular formula is C36H43N7O2S2. The molecule has 2 heterocycles. The van der Waals surface area contributed by atoms with Gasteiger partial charge in [0.1, 0.15) is 10.0 Å². The fourth-order valence-corrected chi connectivity index (χ4v) is 7.95. The SMILES string of the molecule is CCC(C)CCCC(C)c1cccc(CC(=O)Nc2nnc(C3CCCC(c4nnc(NC(=O)Cc5cccc(C#N)c5)s4)C3)s2)c1. The van der Waals surface area contributed by atoms with Crippen molar-refractivity contribution in [2.75, 3.05) is 10.6 Å². The minimum atomic E-state index is -0.192. The molecule has 1 saturated carbocycles. The highest BCUT2D eigenvalue weighted by molar-refractivity contribution is 7.15. The van der Waals surface area contributed by atoms with Crippen LogP contribution in [0.3, 0.4) is 0 Å². The van der Waals surface area contributed by atoms with Crippen molar-refractivity contribution >= 4 is 44.8 Å². The number of carbonyl (C=O) groups is 2. The Balaban J connectivity index is 1.11. The Hall–Kier alpha value is -4.01. The molecular weight excluding hydrogens is 627 g/mol. The number of hydrogen-bond acceptors (Lipinski definition) is 9. The number of nitrogens with one attached hydrogen (secondary N) is 2. The fourth-order valence-electron chi connectivity index (χ4n) is 6.14. The summed E-state index contributed by atoms with van der Waals surface area (Å²) in [6.45, 7) is 6.84. The number of rotatable bonds is 14. The molecule has 2 amide bonds. The minimum absolute atomic E-state index is 0.0861. The predicted molar refractivity (Wildman–Crippen MR) is 188 cm³/mol. The van der Waals surface area contributed by atoms with Crippen LogP contribution in [0.4, 0.5) is 10.3 Å². The van der Waals surface area contributed by atoms with Crippen molar-refractivity contribution in [1.82, 2.24) is 20.4 Å². The van der Waals surface area contributed by atoms with E-state index in [9.17, 15) is 9.59 Å². The third-order valence-corrected chi connectivity index (χ3v) is 11.1. The molecule has 1 aliphatic rings. The quantitative estimate of drug-likeness (QED) is 0.138. The summed E-state index contributed by atoms with van der Waals surface area (Å²) in [6.07, 6.45) is 9.24. The van der Waals surface area contributed by atoms with E-state index < -0.39 is 0 Å². The van der Waals surface area contributed by atoms with E-state index in [0.29, 0.717) is 28.2 Å². The Morgan fingerprint density at radius 3 is 2.06 bits per heavy atom. The largest absolute Gasteiger partial charge is 0.300 e. The molecule has 5 rings (SSSR count). The molecule has 0 radical (unpaired) electrons. The number of aromatic nitrogens is 4. The van der Waals surface area contributed by atoms with Gasteiger partial charge in [-0.25, -0.2) is 0 Å². The van der Waals surface area contributed by atoms with Gasteiger partial charge in [-0.3, -0.25) is 9.59 Å². The van der Waals surface area contributed by atoms with E-state index >= 15 is 0 Å². The van der Waals surface area contributed by atoms with Gasteiger partial charge in [-0.2, -0.15) is 5.26 Å². The van der Waals surface area contributed by atoms with Gasteiger partial charge in [-0.1, -0.05) is 106 Å². The number of nitrogens with zero attached hydrogens (tertiary/aromatic N) is 5. The van der Waals surface area contributed by atoms with Crippen LogP contribution in [0.5, 0.6) is 0 Å². The molecule has 2 aromatic carbocycles. The zero-order chi connectivity index (χ0) is 33.2. The fraction of sp³-hybridized carbons (Fsp3) is 0.472. The second kappa shape index (κ2) is 16.7. The van der Waals surface area contributed by atoms with Crippen LogP contribution in [0.2, 0.25) is 0 Å². The van der Waals surface area contributed by atoms with E-state index in [4.69, 9.17) is 5.26 Å². The van der Waals surface area contributed by atoms with E-state index in [-0.39, 0.29) is 30.1 Å². The summed E-state index contributed by atoms with van der Waals surface area (Å²) in [7, 11) is 0. The van der Waals surface area contributed by atoms with E-state index in [1.165, 1.54) is 47.5 Å². The van der Waals surface area contributed by atoms with Crippen molar-refractivity contribution in [3.8, 4) is 6.07 Å². The average molecular weight is 670 g/mol. The lowest BCUT2D eigenvalue weighted by Gasteiger charge is -2.25. The third-order valence-electron chi connectivity index (χ3n) is 9.08. The van der Waals surface area contributed by atoms with Crippen LogP contribution in [0.15, 0.2) is 48.5 Å². The molecule has 2 aromatic heterocycles. The second-order valence-electron chi connectivity index (χ2n) is 12.8. The topological polar surface area (TPSA) is 134 Å². The highest BCUT2D eigenvalue weighted by Gasteiger charge is 2.29. The molecule has 11 heteroatoms. The van der Waals surface area contributed by atoms with Gasteiger partial charge in [0.15, 0.2) is 0 Å². The molecule has 9 nitrogen and oxygen atoms in total. The molecule has 0 spiro atoms. The van der Waals surface area contributed by atoms with Crippen molar-refractivity contribution in [2.24, 2.45) is 5.92 Å². The first-order valence-electron chi connectivity index (χ1n) is 16.6. The number of carbonyl (C=O) groups excluding carboxylic acids is 2. The van der Waals surface area contributed by atoms with Crippen molar-refractivity contribution in [2.45, 2.75) is 103 Å². The summed E-state index contributed by atoms with van der Waals surface area (Å²) in [4.78, 5) is 25.5. The Kier molecular flexibility index (Phi) is 12.2. The number of hydrogen-bond donors (Lipinski definition) is 2. The summed E-state index contributed by atoms with van der Waals surface area (Å²) >= 11 is 2.86. The molecule has 4 unspecified atom stereocenters. The second-order valence-corrected chi connectivity index (χ2v) is 14.8. The summed E-state index contributed by atoms with van der Waals surface area (Å²) in [5, 5.41) is 35.1. The molecule has 4 aromatic rings. The Morgan fingerprint density at radius 1 is 0.872 bits per heavy atom. The number of benzene rings is 2. The van der Waals surface area contributed by atoms with Crippen LogP contribution in [0.25, 0.3) is 0 Å². The maximum absolute atomic E-state index is 12.9. The average Bonchev–Trinajstić information content (AvgIpc) is 3.74. The molecule has 4 atom stereocenters. The molecule has 2 N–H and O–H groups in total. The van der Waals surface area contributed by atoms with Gasteiger partial charge in [0, 0.05) is 11.8 Å². The van der Waals surface area contributed by atoms with E-state index in [1.807, 2.05) is 12.1 Å². The van der Waals surface area contributed by atoms with Crippen LogP contribution >= 0.6 is 22.7 Å². The lowest BCUT2D eigenvalue weighted by Crippen LogP contribution is -2.14. The van der Waals surface area contributed by atoms with Gasteiger partial charge < -0.3 is 10.6 Å². The van der Waals surface area contributed by atoms with E-state index in [2.05, 4.69) is 76.1 Å². The van der Waals surface area contributed by atoms with Gasteiger partial charge in [-0.15, -0.1) is 20.4 Å². The first kappa shape index (κ1) is 34.3. The smallest absolute Gasteiger partial charge is 0.230 e. The molecule has 1 fully saturated rings. The van der Waals surface area contributed by atoms with Crippen molar-refractivity contribution < 1.29 is 9.59 Å². The number of amides is 2. The van der Waals surface area contributed by atoms with Gasteiger partial charge in [0.05, 0.1) is 24.5 Å². The number of nitriles is 1. The van der Waals surface area contributed by atoms with Crippen LogP contribution in [0, 0.1) is 17.2 Å². The predicted octanol–water partition coefficient (Wildman–Crippen LogP) is 8.38. The Labute approximate surface area is 285 Å². The molecule has 0 aliphatic heterocycles. The summed E-state index contributed by atoms with van der Waals surface area (Å²) in [5.74, 6) is 1.41. The van der Waals surface area contributed by atoms with Crippen LogP contribution in [-0.2, 0) is 22.4 Å². The van der Waals surface area contributed by atoms with Gasteiger partial charge in [-0.05, 0) is 66.3 Å². The summed E-state index contributed by atoms with van der Waals surface area (Å²) in [5.41, 5.74) is 3.60. The molecule has 47 heavy (non-hydrogen) atoms. The highest BCUT2D eigenvalue weighted by atomic mass is 32.1. The van der Waals surface area contributed by atoms with Gasteiger partial charge in [0.25, 0.3) is 0 Å². The lowest BCUT2D eigenvalue weighted by atomic mass is 9.82. The molecule has 0 bridgehead atoms. The minimum Gasteiger partial charge on any atom is -0.300 e. The highest BCUT2D eigenvalue weighted by Crippen LogP contribution is 2.43. The summed E-state index contributed by atoms with van der Waals surface area (Å²) in [6, 6.07) is 17.5. The van der Waals surface area contributed by atoms with Crippen LogP contribution in [0.1, 0.15) is 122 Å². The monoisotopic (exact) mass is 669 g/mol. The zero-order valence-electron chi connectivity index (χ0n) is 27.4.